The van der Waals surface area contributed by atoms with Gasteiger partial charge in [-0.15, -0.1) is 0 Å². The van der Waals surface area contributed by atoms with E-state index < -0.39 is 0 Å². The number of benzene rings is 1. The van der Waals surface area contributed by atoms with Crippen molar-refractivity contribution >= 4 is 5.69 Å². The lowest BCUT2D eigenvalue weighted by atomic mass is 9.80. The third-order valence-corrected chi connectivity index (χ3v) is 4.10. The molecule has 1 atom stereocenters. The largest absolute Gasteiger partial charge is 0.385 e. The first-order chi connectivity index (χ1) is 7.45. The van der Waals surface area contributed by atoms with Crippen LogP contribution in [0.1, 0.15) is 43.6 Å². The maximum Gasteiger partial charge on any atom is 0.0375 e. The van der Waals surface area contributed by atoms with Crippen LogP contribution in [0.25, 0.3) is 0 Å². The first-order valence-electron chi connectivity index (χ1n) is 6.28. The van der Waals surface area contributed by atoms with E-state index in [0.717, 1.165) is 18.4 Å². The minimum atomic E-state index is 0.838. The maximum absolute atomic E-state index is 3.52. The average molecular weight is 201 g/mol. The van der Waals surface area contributed by atoms with Crippen LogP contribution in [0, 0.1) is 5.92 Å². The number of hydrogen-bond acceptors (Lipinski definition) is 1. The van der Waals surface area contributed by atoms with Crippen LogP contribution in [-0.2, 0) is 0 Å². The summed E-state index contributed by atoms with van der Waals surface area (Å²) in [7, 11) is 0. The Morgan fingerprint density at radius 2 is 1.80 bits per heavy atom. The van der Waals surface area contributed by atoms with Crippen LogP contribution in [-0.4, -0.2) is 6.54 Å². The van der Waals surface area contributed by atoms with Crippen molar-refractivity contribution in [1.82, 2.24) is 0 Å². The lowest BCUT2D eigenvalue weighted by Crippen LogP contribution is -2.21. The van der Waals surface area contributed by atoms with Crippen molar-refractivity contribution in [1.29, 1.82) is 0 Å². The van der Waals surface area contributed by atoms with Crippen molar-refractivity contribution < 1.29 is 0 Å². The number of nitrogens with one attached hydrogen (secondary N) is 1. The maximum atomic E-state index is 3.52. The zero-order chi connectivity index (χ0) is 10.1. The van der Waals surface area contributed by atoms with Crippen molar-refractivity contribution in [3.63, 3.8) is 0 Å². The molecule has 1 aromatic carbocycles. The fraction of sp³-hybridized carbons (Fsp3) is 0.571. The van der Waals surface area contributed by atoms with Crippen LogP contribution < -0.4 is 5.32 Å². The summed E-state index contributed by atoms with van der Waals surface area (Å²) in [6, 6.07) is 8.89. The molecule has 1 unspecified atom stereocenters. The highest BCUT2D eigenvalue weighted by Gasteiger charge is 2.29. The second-order valence-corrected chi connectivity index (χ2v) is 4.95. The molecular weight excluding hydrogens is 182 g/mol. The van der Waals surface area contributed by atoms with Crippen molar-refractivity contribution in [2.45, 2.75) is 38.0 Å². The normalized spacial score (nSPS) is 26.0. The predicted octanol–water partition coefficient (Wildman–Crippen LogP) is 3.78. The van der Waals surface area contributed by atoms with E-state index in [-0.39, 0.29) is 0 Å². The van der Waals surface area contributed by atoms with Crippen LogP contribution >= 0.6 is 0 Å². The topological polar surface area (TPSA) is 12.0 Å². The van der Waals surface area contributed by atoms with Crippen LogP contribution in [0.3, 0.4) is 0 Å². The molecule has 1 nitrogen and oxygen atoms in total. The summed E-state index contributed by atoms with van der Waals surface area (Å²) in [4.78, 5) is 0. The third-order valence-electron chi connectivity index (χ3n) is 4.10. The van der Waals surface area contributed by atoms with Gasteiger partial charge in [0.25, 0.3) is 0 Å². The van der Waals surface area contributed by atoms with Gasteiger partial charge in [-0.2, -0.15) is 0 Å². The Kier molecular flexibility index (Phi) is 2.40. The SMILES string of the molecule is c1ccc2c(c1)NCCC2C1CCCC1. The molecule has 0 aromatic heterocycles. The summed E-state index contributed by atoms with van der Waals surface area (Å²) in [5.41, 5.74) is 2.97. The van der Waals surface area contributed by atoms with Crippen LogP contribution in [0.15, 0.2) is 24.3 Å². The van der Waals surface area contributed by atoms with Gasteiger partial charge in [-0.25, -0.2) is 0 Å². The number of rotatable bonds is 1. The molecule has 3 rings (SSSR count). The minimum absolute atomic E-state index is 0.838. The van der Waals surface area contributed by atoms with Crippen molar-refractivity contribution in [3.05, 3.63) is 29.8 Å². The molecule has 1 saturated carbocycles. The molecule has 1 aromatic rings. The van der Waals surface area contributed by atoms with Gasteiger partial charge in [-0.3, -0.25) is 0 Å². The van der Waals surface area contributed by atoms with E-state index in [9.17, 15) is 0 Å². The van der Waals surface area contributed by atoms with E-state index in [1.807, 2.05) is 0 Å². The molecule has 0 amide bonds. The van der Waals surface area contributed by atoms with Gasteiger partial charge in [0.15, 0.2) is 0 Å². The number of anilines is 1. The molecule has 0 saturated heterocycles. The Bertz CT molecular complexity index is 339. The molecule has 1 aliphatic heterocycles. The van der Waals surface area contributed by atoms with Crippen LogP contribution in [0.4, 0.5) is 5.69 Å². The molecule has 1 heterocycles. The Balaban J connectivity index is 1.91. The van der Waals surface area contributed by atoms with Crippen LogP contribution in [0.2, 0.25) is 0 Å². The van der Waals surface area contributed by atoms with Crippen molar-refractivity contribution in [2.75, 3.05) is 11.9 Å². The highest BCUT2D eigenvalue weighted by Crippen LogP contribution is 2.43. The van der Waals surface area contributed by atoms with Gasteiger partial charge in [0.05, 0.1) is 0 Å². The Morgan fingerprint density at radius 3 is 2.67 bits per heavy atom. The summed E-state index contributed by atoms with van der Waals surface area (Å²) >= 11 is 0. The zero-order valence-corrected chi connectivity index (χ0v) is 9.21. The summed E-state index contributed by atoms with van der Waals surface area (Å²) < 4.78 is 0. The molecule has 1 heteroatoms. The van der Waals surface area contributed by atoms with Gasteiger partial charge < -0.3 is 5.32 Å². The Morgan fingerprint density at radius 1 is 1.00 bits per heavy atom. The van der Waals surface area contributed by atoms with Gasteiger partial charge in [0, 0.05) is 12.2 Å². The molecule has 0 spiro atoms. The van der Waals surface area contributed by atoms with E-state index in [2.05, 4.69) is 29.6 Å². The van der Waals surface area contributed by atoms with Crippen molar-refractivity contribution in [3.8, 4) is 0 Å². The number of para-hydroxylation sites is 1. The second kappa shape index (κ2) is 3.88. The molecule has 0 radical (unpaired) electrons. The van der Waals surface area contributed by atoms with Gasteiger partial charge in [0.2, 0.25) is 0 Å². The smallest absolute Gasteiger partial charge is 0.0375 e. The first-order valence-corrected chi connectivity index (χ1v) is 6.28. The number of fused-ring (bicyclic) bond motifs is 1. The summed E-state index contributed by atoms with van der Waals surface area (Å²) in [5.74, 6) is 1.80. The van der Waals surface area contributed by atoms with E-state index in [1.54, 1.807) is 5.56 Å². The molecule has 1 aliphatic carbocycles. The molecule has 2 aliphatic rings. The summed E-state index contributed by atoms with van der Waals surface area (Å²) in [6.45, 7) is 1.16. The molecule has 15 heavy (non-hydrogen) atoms. The first kappa shape index (κ1) is 9.26. The summed E-state index contributed by atoms with van der Waals surface area (Å²) in [5, 5.41) is 3.52. The zero-order valence-electron chi connectivity index (χ0n) is 9.21. The van der Waals surface area contributed by atoms with E-state index in [4.69, 9.17) is 0 Å². The predicted molar refractivity (Wildman–Crippen MR) is 64.2 cm³/mol. The third kappa shape index (κ3) is 1.64. The van der Waals surface area contributed by atoms with Crippen molar-refractivity contribution in [2.24, 2.45) is 5.92 Å². The van der Waals surface area contributed by atoms with E-state index in [1.165, 1.54) is 37.8 Å². The minimum Gasteiger partial charge on any atom is -0.385 e. The standard InChI is InChI=1S/C14H19N/c1-2-6-11(5-1)12-9-10-15-14-8-4-3-7-13(12)14/h3-4,7-8,11-12,15H,1-2,5-6,9-10H2. The fourth-order valence-corrected chi connectivity index (χ4v) is 3.35. The Labute approximate surface area is 91.9 Å². The van der Waals surface area contributed by atoms with Crippen LogP contribution in [0.5, 0.6) is 0 Å². The molecule has 1 fully saturated rings. The lowest BCUT2D eigenvalue weighted by Gasteiger charge is -2.31. The molecule has 0 bridgehead atoms. The lowest BCUT2D eigenvalue weighted by molar-refractivity contribution is 0.413. The monoisotopic (exact) mass is 201 g/mol. The second-order valence-electron chi connectivity index (χ2n) is 4.95. The van der Waals surface area contributed by atoms with E-state index in [0.29, 0.717) is 0 Å². The fourth-order valence-electron chi connectivity index (χ4n) is 3.35. The van der Waals surface area contributed by atoms with Gasteiger partial charge >= 0.3 is 0 Å². The Hall–Kier alpha value is -0.980. The molecule has 1 N–H and O–H groups in total. The quantitative estimate of drug-likeness (QED) is 0.729. The molecular formula is C14H19N. The van der Waals surface area contributed by atoms with Gasteiger partial charge in [-0.1, -0.05) is 31.0 Å². The highest BCUT2D eigenvalue weighted by molar-refractivity contribution is 5.54. The summed E-state index contributed by atoms with van der Waals surface area (Å²) in [6.07, 6.45) is 7.16. The van der Waals surface area contributed by atoms with Gasteiger partial charge in [-0.05, 0) is 42.7 Å². The van der Waals surface area contributed by atoms with Gasteiger partial charge in [0.1, 0.15) is 0 Å². The average Bonchev–Trinajstić information content (AvgIpc) is 2.82. The molecule has 80 valence electrons. The number of hydrogen-bond donors (Lipinski definition) is 1. The van der Waals surface area contributed by atoms with E-state index >= 15 is 0 Å². The highest BCUT2D eigenvalue weighted by atomic mass is 14.9.